The van der Waals surface area contributed by atoms with Crippen molar-refractivity contribution < 1.29 is 14.3 Å². The van der Waals surface area contributed by atoms with Gasteiger partial charge in [0, 0.05) is 32.2 Å². The van der Waals surface area contributed by atoms with E-state index in [9.17, 15) is 4.79 Å². The van der Waals surface area contributed by atoms with Gasteiger partial charge in [0.05, 0.1) is 47.6 Å². The fourth-order valence-corrected chi connectivity index (χ4v) is 3.63. The Balaban J connectivity index is 1.76. The molecule has 25 heavy (non-hydrogen) atoms. The Kier molecular flexibility index (Phi) is 5.33. The molecule has 0 aromatic heterocycles. The molecular formula is C17H21ClN4O3. The summed E-state index contributed by atoms with van der Waals surface area (Å²) in [6, 6.07) is 3.56. The number of carbonyl (C=O) groups excluding carboxylic acids is 1. The molecule has 8 heteroatoms. The molecule has 2 aliphatic rings. The van der Waals surface area contributed by atoms with Gasteiger partial charge in [-0.2, -0.15) is 5.26 Å². The Morgan fingerprint density at radius 2 is 2.44 bits per heavy atom. The molecule has 0 bridgehead atoms. The maximum atomic E-state index is 12.8. The lowest BCUT2D eigenvalue weighted by Crippen LogP contribution is -2.54. The number of likely N-dealkylation sites (tertiary alicyclic amines) is 1. The van der Waals surface area contributed by atoms with Gasteiger partial charge in [-0.1, -0.05) is 11.6 Å². The topological polar surface area (TPSA) is 101 Å². The van der Waals surface area contributed by atoms with Crippen molar-refractivity contribution in [2.24, 2.45) is 0 Å². The Hall–Kier alpha value is -2.01. The van der Waals surface area contributed by atoms with E-state index in [2.05, 4.69) is 11.4 Å². The first kappa shape index (κ1) is 17.8. The highest BCUT2D eigenvalue weighted by molar-refractivity contribution is 6.33. The smallest absolute Gasteiger partial charge is 0.255 e. The van der Waals surface area contributed by atoms with Crippen LogP contribution >= 0.6 is 11.6 Å². The van der Waals surface area contributed by atoms with Crippen LogP contribution in [0.2, 0.25) is 5.02 Å². The first-order valence-electron chi connectivity index (χ1n) is 8.21. The predicted octanol–water partition coefficient (Wildman–Crippen LogP) is 1.20. The number of halogens is 1. The van der Waals surface area contributed by atoms with E-state index in [0.29, 0.717) is 54.6 Å². The van der Waals surface area contributed by atoms with Crippen LogP contribution in [-0.4, -0.2) is 56.3 Å². The summed E-state index contributed by atoms with van der Waals surface area (Å²) in [6.07, 6.45) is 1.18. The molecule has 1 aromatic carbocycles. The minimum Gasteiger partial charge on any atom is -0.492 e. The molecule has 134 valence electrons. The molecule has 2 aliphatic heterocycles. The molecule has 2 heterocycles. The van der Waals surface area contributed by atoms with Gasteiger partial charge in [-0.25, -0.2) is 0 Å². The van der Waals surface area contributed by atoms with Crippen LogP contribution in [0.5, 0.6) is 5.75 Å². The van der Waals surface area contributed by atoms with Gasteiger partial charge in [0.25, 0.3) is 5.91 Å². The fourth-order valence-electron chi connectivity index (χ4n) is 3.41. The normalized spacial score (nSPS) is 22.8. The van der Waals surface area contributed by atoms with Crippen molar-refractivity contribution in [3.63, 3.8) is 0 Å². The number of hydrogen-bond acceptors (Lipinski definition) is 6. The number of anilines is 1. The second kappa shape index (κ2) is 7.48. The van der Waals surface area contributed by atoms with E-state index >= 15 is 0 Å². The minimum atomic E-state index is -0.249. The van der Waals surface area contributed by atoms with E-state index in [1.54, 1.807) is 13.2 Å². The minimum absolute atomic E-state index is 0.138. The number of methoxy groups -OCH3 is 1. The molecular weight excluding hydrogens is 344 g/mol. The van der Waals surface area contributed by atoms with Gasteiger partial charge in [0.2, 0.25) is 0 Å². The van der Waals surface area contributed by atoms with E-state index < -0.39 is 0 Å². The average molecular weight is 365 g/mol. The molecule has 2 atom stereocenters. The van der Waals surface area contributed by atoms with Crippen LogP contribution in [0.4, 0.5) is 5.69 Å². The van der Waals surface area contributed by atoms with E-state index in [1.165, 1.54) is 0 Å². The summed E-state index contributed by atoms with van der Waals surface area (Å²) in [6.45, 7) is 2.18. The zero-order valence-corrected chi connectivity index (χ0v) is 14.8. The Bertz CT molecular complexity index is 719. The quantitative estimate of drug-likeness (QED) is 0.615. The third-order valence-corrected chi connectivity index (χ3v) is 5.08. The van der Waals surface area contributed by atoms with Crippen LogP contribution in [0.3, 0.4) is 0 Å². The summed E-state index contributed by atoms with van der Waals surface area (Å²) in [4.78, 5) is 14.8. The Morgan fingerprint density at radius 3 is 3.16 bits per heavy atom. The fraction of sp³-hybridized carbons (Fsp3) is 0.529. The molecule has 0 saturated carbocycles. The number of carbonyl (C=O) groups is 1. The number of nitrogens with zero attached hydrogens (tertiary/aromatic N) is 2. The third kappa shape index (κ3) is 3.52. The number of hydrogen-bond donors (Lipinski definition) is 2. The number of nitrogens with one attached hydrogen (secondary N) is 1. The van der Waals surface area contributed by atoms with Crippen LogP contribution < -0.4 is 15.8 Å². The number of amides is 1. The number of nitrogen functional groups attached to an aromatic ring is 1. The average Bonchev–Trinajstić information content (AvgIpc) is 3.09. The molecule has 3 rings (SSSR count). The molecule has 0 unspecified atom stereocenters. The van der Waals surface area contributed by atoms with Gasteiger partial charge in [0.15, 0.2) is 0 Å². The maximum absolute atomic E-state index is 12.8. The van der Waals surface area contributed by atoms with Gasteiger partial charge in [-0.05, 0) is 12.5 Å². The van der Waals surface area contributed by atoms with Crippen LogP contribution in [0.1, 0.15) is 22.3 Å². The summed E-state index contributed by atoms with van der Waals surface area (Å²) in [5.74, 6) is 0.274. The predicted molar refractivity (Wildman–Crippen MR) is 93.8 cm³/mol. The van der Waals surface area contributed by atoms with Crippen molar-refractivity contribution in [2.45, 2.75) is 25.0 Å². The van der Waals surface area contributed by atoms with E-state index in [4.69, 9.17) is 32.1 Å². The number of piperidine rings is 1. The largest absolute Gasteiger partial charge is 0.492 e. The number of fused-ring (bicyclic) bond motifs is 1. The van der Waals surface area contributed by atoms with Crippen molar-refractivity contribution >= 4 is 23.2 Å². The monoisotopic (exact) mass is 364 g/mol. The van der Waals surface area contributed by atoms with Crippen LogP contribution in [0.25, 0.3) is 0 Å². The second-order valence-electron chi connectivity index (χ2n) is 6.26. The zero-order valence-electron chi connectivity index (χ0n) is 14.0. The first-order chi connectivity index (χ1) is 12.0. The molecule has 0 spiro atoms. The molecule has 1 amide bonds. The van der Waals surface area contributed by atoms with Gasteiger partial charge in [0.1, 0.15) is 5.75 Å². The van der Waals surface area contributed by atoms with Gasteiger partial charge in [-0.15, -0.1) is 0 Å². The van der Waals surface area contributed by atoms with E-state index in [0.717, 1.165) is 12.1 Å². The number of benzene rings is 1. The van der Waals surface area contributed by atoms with Crippen molar-refractivity contribution in [1.82, 2.24) is 10.2 Å². The molecule has 0 radical (unpaired) electrons. The number of nitriles is 1. The van der Waals surface area contributed by atoms with Crippen molar-refractivity contribution in [3.8, 4) is 11.8 Å². The summed E-state index contributed by atoms with van der Waals surface area (Å²) in [7, 11) is 1.61. The Labute approximate surface area is 151 Å². The van der Waals surface area contributed by atoms with Crippen LogP contribution in [0.15, 0.2) is 6.07 Å². The van der Waals surface area contributed by atoms with E-state index in [-0.39, 0.29) is 18.1 Å². The third-order valence-electron chi connectivity index (χ3n) is 4.77. The highest BCUT2D eigenvalue weighted by Gasteiger charge is 2.32. The lowest BCUT2D eigenvalue weighted by Gasteiger charge is -2.37. The Morgan fingerprint density at radius 1 is 1.64 bits per heavy atom. The molecule has 1 saturated heterocycles. The van der Waals surface area contributed by atoms with Gasteiger partial charge < -0.3 is 20.5 Å². The summed E-state index contributed by atoms with van der Waals surface area (Å²) >= 11 is 6.17. The van der Waals surface area contributed by atoms with Gasteiger partial charge >= 0.3 is 0 Å². The summed E-state index contributed by atoms with van der Waals surface area (Å²) < 4.78 is 11.1. The first-order valence-corrected chi connectivity index (χ1v) is 8.59. The van der Waals surface area contributed by atoms with E-state index in [1.807, 2.05) is 4.90 Å². The number of rotatable bonds is 4. The lowest BCUT2D eigenvalue weighted by atomic mass is 10.00. The van der Waals surface area contributed by atoms with Crippen molar-refractivity contribution in [2.75, 3.05) is 39.1 Å². The summed E-state index contributed by atoms with van der Waals surface area (Å²) in [5.41, 5.74) is 7.66. The molecule has 3 N–H and O–H groups in total. The van der Waals surface area contributed by atoms with Crippen LogP contribution in [0, 0.1) is 11.3 Å². The number of nitrogens with two attached hydrogens (primary N) is 1. The van der Waals surface area contributed by atoms with Crippen molar-refractivity contribution in [1.29, 1.82) is 5.26 Å². The molecule has 7 nitrogen and oxygen atoms in total. The zero-order chi connectivity index (χ0) is 18.0. The lowest BCUT2D eigenvalue weighted by molar-refractivity contribution is 0.0103. The second-order valence-corrected chi connectivity index (χ2v) is 6.67. The maximum Gasteiger partial charge on any atom is 0.255 e. The van der Waals surface area contributed by atoms with Crippen LogP contribution in [-0.2, 0) is 11.2 Å². The SMILES string of the molecule is CO[C@H]1CN(CC#N)CC[C@H]1NC(=O)c1cc(Cl)c(N)c2c1OCC2. The molecule has 1 fully saturated rings. The number of ether oxygens (including phenoxy) is 2. The molecule has 1 aromatic rings. The van der Waals surface area contributed by atoms with Crippen molar-refractivity contribution in [3.05, 3.63) is 22.2 Å². The standard InChI is InChI=1S/C17H21ClN4O3/c1-24-14-9-22(6-4-19)5-2-13(14)21-17(23)11-8-12(18)15(20)10-3-7-25-16(10)11/h8,13-14H,2-3,5-7,9,20H2,1H3,(H,21,23)/t13-,14+/m1/s1. The highest BCUT2D eigenvalue weighted by Crippen LogP contribution is 2.38. The van der Waals surface area contributed by atoms with Gasteiger partial charge in [-0.3, -0.25) is 9.69 Å². The highest BCUT2D eigenvalue weighted by atomic mass is 35.5. The summed E-state index contributed by atoms with van der Waals surface area (Å²) in [5, 5.41) is 12.2. The molecule has 0 aliphatic carbocycles.